The van der Waals surface area contributed by atoms with Crippen molar-refractivity contribution in [2.45, 2.75) is 19.1 Å². The van der Waals surface area contributed by atoms with Crippen LogP contribution in [0.1, 0.15) is 27.8 Å². The number of hydrogen-bond acceptors (Lipinski definition) is 7. The predicted octanol–water partition coefficient (Wildman–Crippen LogP) is 4.74. The van der Waals surface area contributed by atoms with Gasteiger partial charge in [0.05, 0.1) is 30.9 Å². The molecule has 0 radical (unpaired) electrons. The number of aromatic nitrogens is 4. The third-order valence-electron chi connectivity index (χ3n) is 5.75. The highest BCUT2D eigenvalue weighted by Gasteiger charge is 2.34. The Hall–Kier alpha value is -3.85. The second kappa shape index (κ2) is 9.42. The fourth-order valence-corrected chi connectivity index (χ4v) is 5.40. The van der Waals surface area contributed by atoms with Crippen molar-refractivity contribution < 1.29 is 14.3 Å². The molecule has 35 heavy (non-hydrogen) atoms. The van der Waals surface area contributed by atoms with Crippen LogP contribution in [0.3, 0.4) is 0 Å². The lowest BCUT2D eigenvalue weighted by Crippen LogP contribution is -2.17. The molecule has 178 valence electrons. The van der Waals surface area contributed by atoms with E-state index in [1.807, 2.05) is 68.4 Å². The summed E-state index contributed by atoms with van der Waals surface area (Å²) in [5, 5.41) is 7.79. The van der Waals surface area contributed by atoms with Crippen molar-refractivity contribution in [1.82, 2.24) is 19.7 Å². The van der Waals surface area contributed by atoms with Gasteiger partial charge in [-0.25, -0.2) is 9.97 Å². The number of thioether (sulfide) groups is 1. The van der Waals surface area contributed by atoms with Crippen LogP contribution < -0.4 is 14.8 Å². The number of amides is 1. The van der Waals surface area contributed by atoms with Gasteiger partial charge in [0.2, 0.25) is 5.91 Å². The van der Waals surface area contributed by atoms with Crippen molar-refractivity contribution >= 4 is 23.5 Å². The molecule has 9 heteroatoms. The Balaban J connectivity index is 1.80. The lowest BCUT2D eigenvalue weighted by Gasteiger charge is -2.19. The van der Waals surface area contributed by atoms with Gasteiger partial charge in [-0.15, -0.1) is 11.8 Å². The van der Waals surface area contributed by atoms with Gasteiger partial charge in [-0.05, 0) is 26.0 Å². The first kappa shape index (κ1) is 22.9. The van der Waals surface area contributed by atoms with Crippen LogP contribution in [-0.4, -0.2) is 45.6 Å². The SMILES string of the molecule is COc1ccc([C@H]2SCC(=O)Nc3c2c(-c2ccccc2)nn3-c2nc(C)cc(C)n2)c(OC)c1. The number of nitrogens with zero attached hydrogens (tertiary/aromatic N) is 4. The van der Waals surface area contributed by atoms with Crippen molar-refractivity contribution in [2.75, 3.05) is 25.3 Å². The van der Waals surface area contributed by atoms with Crippen LogP contribution in [0.15, 0.2) is 54.6 Å². The number of benzene rings is 2. The third-order valence-corrected chi connectivity index (χ3v) is 7.01. The fourth-order valence-electron chi connectivity index (χ4n) is 4.25. The van der Waals surface area contributed by atoms with Gasteiger partial charge in [0.15, 0.2) is 0 Å². The topological polar surface area (TPSA) is 91.2 Å². The Labute approximate surface area is 207 Å². The number of aryl methyl sites for hydroxylation is 2. The van der Waals surface area contributed by atoms with Crippen LogP contribution in [0.25, 0.3) is 17.2 Å². The lowest BCUT2D eigenvalue weighted by molar-refractivity contribution is -0.113. The van der Waals surface area contributed by atoms with Crippen LogP contribution in [-0.2, 0) is 4.79 Å². The molecule has 4 aromatic rings. The molecule has 0 spiro atoms. The van der Waals surface area contributed by atoms with Crippen molar-refractivity contribution in [3.63, 3.8) is 0 Å². The summed E-state index contributed by atoms with van der Waals surface area (Å²) in [5.74, 6) is 2.51. The number of nitrogens with one attached hydrogen (secondary N) is 1. The predicted molar refractivity (Wildman–Crippen MR) is 137 cm³/mol. The molecule has 1 N–H and O–H groups in total. The summed E-state index contributed by atoms with van der Waals surface area (Å²) >= 11 is 1.53. The van der Waals surface area contributed by atoms with Gasteiger partial charge in [-0.2, -0.15) is 9.78 Å². The Bertz CT molecular complexity index is 1380. The quantitative estimate of drug-likeness (QED) is 0.435. The van der Waals surface area contributed by atoms with Gasteiger partial charge >= 0.3 is 0 Å². The summed E-state index contributed by atoms with van der Waals surface area (Å²) in [6, 6.07) is 17.6. The zero-order chi connectivity index (χ0) is 24.5. The molecule has 1 amide bonds. The van der Waals surface area contributed by atoms with Crippen LogP contribution in [0.5, 0.6) is 11.5 Å². The zero-order valence-electron chi connectivity index (χ0n) is 19.9. The normalized spacial score (nSPS) is 15.2. The van der Waals surface area contributed by atoms with Gasteiger partial charge in [-0.1, -0.05) is 36.4 Å². The highest BCUT2D eigenvalue weighted by molar-refractivity contribution is 8.00. The minimum absolute atomic E-state index is 0.114. The molecule has 0 unspecified atom stereocenters. The van der Waals surface area contributed by atoms with Crippen LogP contribution in [0, 0.1) is 13.8 Å². The third kappa shape index (κ3) is 4.35. The van der Waals surface area contributed by atoms with Crippen molar-refractivity contribution in [1.29, 1.82) is 0 Å². The monoisotopic (exact) mass is 487 g/mol. The number of ether oxygens (including phenoxy) is 2. The van der Waals surface area contributed by atoms with Gasteiger partial charge in [0.1, 0.15) is 17.3 Å². The Morgan fingerprint density at radius 2 is 1.74 bits per heavy atom. The van der Waals surface area contributed by atoms with E-state index in [0.29, 0.717) is 23.3 Å². The minimum atomic E-state index is -0.236. The Morgan fingerprint density at radius 1 is 1.00 bits per heavy atom. The lowest BCUT2D eigenvalue weighted by atomic mass is 9.99. The Morgan fingerprint density at radius 3 is 2.43 bits per heavy atom. The average molecular weight is 488 g/mol. The van der Waals surface area contributed by atoms with Crippen molar-refractivity contribution in [3.05, 3.63) is 77.1 Å². The smallest absolute Gasteiger partial charge is 0.252 e. The van der Waals surface area contributed by atoms with Gasteiger partial charge in [0.25, 0.3) is 5.95 Å². The summed E-state index contributed by atoms with van der Waals surface area (Å²) in [6.45, 7) is 3.83. The number of carbonyl (C=O) groups is 1. The molecular formula is C26H25N5O3S. The molecule has 1 aliphatic heterocycles. The molecule has 0 fully saturated rings. The maximum Gasteiger partial charge on any atom is 0.252 e. The number of methoxy groups -OCH3 is 2. The number of anilines is 1. The molecule has 0 bridgehead atoms. The molecule has 2 aromatic carbocycles. The fraction of sp³-hybridized carbons (Fsp3) is 0.231. The van der Waals surface area contributed by atoms with E-state index in [4.69, 9.17) is 14.6 Å². The second-order valence-electron chi connectivity index (χ2n) is 8.19. The molecule has 2 aromatic heterocycles. The van der Waals surface area contributed by atoms with Gasteiger partial charge in [0, 0.05) is 34.1 Å². The summed E-state index contributed by atoms with van der Waals surface area (Å²) in [5.41, 5.74) is 5.12. The molecule has 0 saturated heterocycles. The average Bonchev–Trinajstić information content (AvgIpc) is 3.14. The molecular weight excluding hydrogens is 462 g/mol. The van der Waals surface area contributed by atoms with Crippen LogP contribution in [0.2, 0.25) is 0 Å². The van der Waals surface area contributed by atoms with Crippen LogP contribution >= 0.6 is 11.8 Å². The van der Waals surface area contributed by atoms with E-state index in [9.17, 15) is 4.79 Å². The van der Waals surface area contributed by atoms with Gasteiger partial charge in [-0.3, -0.25) is 4.79 Å². The molecule has 0 aliphatic carbocycles. The summed E-state index contributed by atoms with van der Waals surface area (Å²) in [7, 11) is 3.26. The first-order valence-electron chi connectivity index (χ1n) is 11.1. The first-order chi connectivity index (χ1) is 17.0. The number of fused-ring (bicyclic) bond motifs is 1. The van der Waals surface area contributed by atoms with E-state index < -0.39 is 0 Å². The highest BCUT2D eigenvalue weighted by Crippen LogP contribution is 2.49. The maximum absolute atomic E-state index is 12.9. The molecule has 1 atom stereocenters. The van der Waals surface area contributed by atoms with Crippen molar-refractivity contribution in [2.24, 2.45) is 0 Å². The summed E-state index contributed by atoms with van der Waals surface area (Å²) in [4.78, 5) is 22.1. The van der Waals surface area contributed by atoms with E-state index in [1.165, 1.54) is 11.8 Å². The van der Waals surface area contributed by atoms with Crippen LogP contribution in [0.4, 0.5) is 5.82 Å². The minimum Gasteiger partial charge on any atom is -0.497 e. The molecule has 8 nitrogen and oxygen atoms in total. The summed E-state index contributed by atoms with van der Waals surface area (Å²) < 4.78 is 12.8. The maximum atomic E-state index is 12.9. The summed E-state index contributed by atoms with van der Waals surface area (Å²) in [6.07, 6.45) is 0. The second-order valence-corrected chi connectivity index (χ2v) is 9.28. The number of carbonyl (C=O) groups excluding carboxylic acids is 1. The number of hydrogen-bond donors (Lipinski definition) is 1. The van der Waals surface area contributed by atoms with E-state index in [0.717, 1.165) is 33.8 Å². The Kier molecular flexibility index (Phi) is 6.17. The van der Waals surface area contributed by atoms with E-state index >= 15 is 0 Å². The first-order valence-corrected chi connectivity index (χ1v) is 12.2. The standard InChI is InChI=1S/C26H25N5O3S/c1-15-12-16(2)28-26(27-15)31-25-22(23(30-31)17-8-6-5-7-9-17)24(35-14-21(32)29-25)19-11-10-18(33-3)13-20(19)34-4/h5-13,24H,14H2,1-4H3,(H,29,32)/t24-/m1/s1. The van der Waals surface area contributed by atoms with E-state index in [1.54, 1.807) is 18.9 Å². The molecule has 3 heterocycles. The van der Waals surface area contributed by atoms with E-state index in [-0.39, 0.29) is 16.9 Å². The number of rotatable bonds is 5. The van der Waals surface area contributed by atoms with Crippen molar-refractivity contribution in [3.8, 4) is 28.7 Å². The zero-order valence-corrected chi connectivity index (χ0v) is 20.7. The molecule has 1 aliphatic rings. The largest absolute Gasteiger partial charge is 0.497 e. The van der Waals surface area contributed by atoms with Gasteiger partial charge < -0.3 is 14.8 Å². The molecule has 0 saturated carbocycles. The molecule has 5 rings (SSSR count). The van der Waals surface area contributed by atoms with E-state index in [2.05, 4.69) is 15.3 Å². The highest BCUT2D eigenvalue weighted by atomic mass is 32.2.